The molecular weight excluding hydrogens is 372 g/mol. The van der Waals surface area contributed by atoms with Crippen LogP contribution in [-0.4, -0.2) is 12.6 Å². The van der Waals surface area contributed by atoms with E-state index in [0.29, 0.717) is 22.8 Å². The summed E-state index contributed by atoms with van der Waals surface area (Å²) >= 11 is 0. The standard InChI is InChI=1S/C22H16N2O5/c23-12-17-21(18-7-4-10-26-18)16-9-8-15(11-19(16)29-22(17)24)28-20(25)13-27-14-5-2-1-3-6-14/h1-11,21H,13,24H2. The highest BCUT2D eigenvalue weighted by Crippen LogP contribution is 2.43. The second kappa shape index (κ2) is 7.82. The second-order valence-electron chi connectivity index (χ2n) is 6.22. The van der Waals surface area contributed by atoms with Crippen molar-refractivity contribution in [2.75, 3.05) is 6.61 Å². The predicted molar refractivity (Wildman–Crippen MR) is 102 cm³/mol. The average molecular weight is 388 g/mol. The van der Waals surface area contributed by atoms with E-state index >= 15 is 0 Å². The van der Waals surface area contributed by atoms with Crippen molar-refractivity contribution in [3.8, 4) is 23.3 Å². The molecule has 0 amide bonds. The lowest BCUT2D eigenvalue weighted by Gasteiger charge is -2.25. The molecule has 0 radical (unpaired) electrons. The van der Waals surface area contributed by atoms with Gasteiger partial charge in [-0.05, 0) is 30.3 Å². The van der Waals surface area contributed by atoms with Crippen LogP contribution in [0.3, 0.4) is 0 Å². The van der Waals surface area contributed by atoms with Crippen LogP contribution in [0.15, 0.2) is 82.8 Å². The minimum Gasteiger partial charge on any atom is -0.482 e. The minimum absolute atomic E-state index is 0.0164. The summed E-state index contributed by atoms with van der Waals surface area (Å²) in [5, 5.41) is 9.49. The Morgan fingerprint density at radius 3 is 2.66 bits per heavy atom. The lowest BCUT2D eigenvalue weighted by molar-refractivity contribution is -0.136. The van der Waals surface area contributed by atoms with Crippen molar-refractivity contribution in [3.05, 3.63) is 89.7 Å². The summed E-state index contributed by atoms with van der Waals surface area (Å²) in [5.74, 6) is 0.723. The van der Waals surface area contributed by atoms with Crippen molar-refractivity contribution in [1.29, 1.82) is 5.26 Å². The summed E-state index contributed by atoms with van der Waals surface area (Å²) in [6.07, 6.45) is 1.53. The smallest absolute Gasteiger partial charge is 0.349 e. The first kappa shape index (κ1) is 18.2. The number of ether oxygens (including phenoxy) is 3. The molecule has 2 heterocycles. The second-order valence-corrected chi connectivity index (χ2v) is 6.22. The van der Waals surface area contributed by atoms with E-state index in [0.717, 1.165) is 0 Å². The number of nitriles is 1. The number of allylic oxidation sites excluding steroid dienone is 1. The van der Waals surface area contributed by atoms with Crippen LogP contribution < -0.4 is 19.9 Å². The molecule has 1 unspecified atom stereocenters. The Kier molecular flexibility index (Phi) is 4.91. The zero-order chi connectivity index (χ0) is 20.2. The largest absolute Gasteiger partial charge is 0.482 e. The first-order chi connectivity index (χ1) is 14.2. The normalized spacial score (nSPS) is 15.1. The number of nitrogens with two attached hydrogens (primary N) is 1. The lowest BCUT2D eigenvalue weighted by Crippen LogP contribution is -2.21. The van der Waals surface area contributed by atoms with Gasteiger partial charge >= 0.3 is 5.97 Å². The Balaban J connectivity index is 1.53. The lowest BCUT2D eigenvalue weighted by atomic mass is 9.87. The molecule has 29 heavy (non-hydrogen) atoms. The molecule has 7 heteroatoms. The van der Waals surface area contributed by atoms with Gasteiger partial charge in [0.1, 0.15) is 34.7 Å². The maximum atomic E-state index is 12.1. The van der Waals surface area contributed by atoms with Gasteiger partial charge in [0.05, 0.1) is 12.2 Å². The minimum atomic E-state index is -0.562. The number of rotatable bonds is 5. The SMILES string of the molecule is N#CC1=C(N)Oc2cc(OC(=O)COc3ccccc3)ccc2C1c1ccco1. The number of benzene rings is 2. The number of hydrogen-bond donors (Lipinski definition) is 1. The van der Waals surface area contributed by atoms with E-state index < -0.39 is 11.9 Å². The maximum absolute atomic E-state index is 12.1. The van der Waals surface area contributed by atoms with Crippen molar-refractivity contribution in [2.24, 2.45) is 5.73 Å². The van der Waals surface area contributed by atoms with Crippen molar-refractivity contribution in [1.82, 2.24) is 0 Å². The van der Waals surface area contributed by atoms with Gasteiger partial charge in [-0.2, -0.15) is 5.26 Å². The van der Waals surface area contributed by atoms with Crippen LogP contribution in [0.4, 0.5) is 0 Å². The molecule has 1 atom stereocenters. The summed E-state index contributed by atoms with van der Waals surface area (Å²) < 4.78 is 21.8. The highest BCUT2D eigenvalue weighted by atomic mass is 16.6. The quantitative estimate of drug-likeness (QED) is 0.526. The van der Waals surface area contributed by atoms with Crippen LogP contribution in [0.25, 0.3) is 0 Å². The van der Waals surface area contributed by atoms with Gasteiger partial charge in [0.25, 0.3) is 0 Å². The van der Waals surface area contributed by atoms with E-state index in [9.17, 15) is 10.1 Å². The summed E-state index contributed by atoms with van der Waals surface area (Å²) in [5.41, 5.74) is 6.87. The van der Waals surface area contributed by atoms with E-state index in [1.54, 1.807) is 42.5 Å². The number of nitrogens with zero attached hydrogens (tertiary/aromatic N) is 1. The van der Waals surface area contributed by atoms with E-state index in [1.807, 2.05) is 18.2 Å². The molecule has 1 aliphatic heterocycles. The van der Waals surface area contributed by atoms with Crippen LogP contribution in [0.2, 0.25) is 0 Å². The van der Waals surface area contributed by atoms with Gasteiger partial charge in [-0.25, -0.2) is 4.79 Å². The third-order valence-corrected chi connectivity index (χ3v) is 4.35. The third kappa shape index (κ3) is 3.77. The molecule has 0 aliphatic carbocycles. The monoisotopic (exact) mass is 388 g/mol. The van der Waals surface area contributed by atoms with Gasteiger partial charge in [0.15, 0.2) is 6.61 Å². The third-order valence-electron chi connectivity index (χ3n) is 4.35. The maximum Gasteiger partial charge on any atom is 0.349 e. The average Bonchev–Trinajstić information content (AvgIpc) is 3.26. The molecule has 1 aliphatic rings. The molecule has 0 fully saturated rings. The highest BCUT2D eigenvalue weighted by molar-refractivity contribution is 5.74. The summed E-state index contributed by atoms with van der Waals surface area (Å²) in [7, 11) is 0. The van der Waals surface area contributed by atoms with Gasteiger partial charge in [-0.15, -0.1) is 0 Å². The number of fused-ring (bicyclic) bond motifs is 1. The topological polar surface area (TPSA) is 108 Å². The summed E-state index contributed by atoms with van der Waals surface area (Å²) in [6.45, 7) is -0.238. The van der Waals surface area contributed by atoms with Gasteiger partial charge < -0.3 is 24.4 Å². The molecule has 0 spiro atoms. The number of carbonyl (C=O) groups excluding carboxylic acids is 1. The van der Waals surface area contributed by atoms with Crippen LogP contribution >= 0.6 is 0 Å². The Morgan fingerprint density at radius 1 is 1.10 bits per heavy atom. The molecule has 2 aromatic carbocycles. The molecule has 0 bridgehead atoms. The number of para-hydroxylation sites is 1. The van der Waals surface area contributed by atoms with E-state index in [2.05, 4.69) is 6.07 Å². The highest BCUT2D eigenvalue weighted by Gasteiger charge is 2.32. The first-order valence-electron chi connectivity index (χ1n) is 8.79. The van der Waals surface area contributed by atoms with E-state index in [1.165, 1.54) is 6.26 Å². The fourth-order valence-corrected chi connectivity index (χ4v) is 3.07. The van der Waals surface area contributed by atoms with Crippen molar-refractivity contribution in [3.63, 3.8) is 0 Å². The van der Waals surface area contributed by atoms with E-state index in [-0.39, 0.29) is 23.8 Å². The molecule has 0 saturated carbocycles. The molecule has 4 rings (SSSR count). The number of carbonyl (C=O) groups is 1. The van der Waals surface area contributed by atoms with E-state index in [4.69, 9.17) is 24.4 Å². The van der Waals surface area contributed by atoms with Gasteiger partial charge in [0.2, 0.25) is 5.88 Å². The summed E-state index contributed by atoms with van der Waals surface area (Å²) in [4.78, 5) is 12.1. The molecule has 3 aromatic rings. The van der Waals surface area contributed by atoms with Gasteiger partial charge in [-0.1, -0.05) is 24.3 Å². The molecule has 2 N–H and O–H groups in total. The van der Waals surface area contributed by atoms with Gasteiger partial charge in [0, 0.05) is 11.6 Å². The van der Waals surface area contributed by atoms with Crippen LogP contribution in [0, 0.1) is 11.3 Å². The van der Waals surface area contributed by atoms with Crippen molar-refractivity contribution < 1.29 is 23.4 Å². The first-order valence-corrected chi connectivity index (χ1v) is 8.79. The number of furan rings is 1. The van der Waals surface area contributed by atoms with Crippen LogP contribution in [0.5, 0.6) is 17.2 Å². The van der Waals surface area contributed by atoms with Crippen molar-refractivity contribution in [2.45, 2.75) is 5.92 Å². The fourth-order valence-electron chi connectivity index (χ4n) is 3.07. The van der Waals surface area contributed by atoms with Gasteiger partial charge in [-0.3, -0.25) is 0 Å². The zero-order valence-corrected chi connectivity index (χ0v) is 15.2. The molecular formula is C22H16N2O5. The Hall–Kier alpha value is -4.18. The van der Waals surface area contributed by atoms with Crippen LogP contribution in [0.1, 0.15) is 17.2 Å². The number of esters is 1. The van der Waals surface area contributed by atoms with Crippen LogP contribution in [-0.2, 0) is 4.79 Å². The molecule has 144 valence electrons. The Bertz CT molecular complexity index is 1100. The van der Waals surface area contributed by atoms with Crippen molar-refractivity contribution >= 4 is 5.97 Å². The summed E-state index contributed by atoms with van der Waals surface area (Å²) in [6, 6.07) is 19.4. The zero-order valence-electron chi connectivity index (χ0n) is 15.2. The molecule has 1 aromatic heterocycles. The molecule has 7 nitrogen and oxygen atoms in total. The Morgan fingerprint density at radius 2 is 1.93 bits per heavy atom. The molecule has 0 saturated heterocycles. The fraction of sp³-hybridized carbons (Fsp3) is 0.0909. The Labute approximate surface area is 166 Å². The predicted octanol–water partition coefficient (Wildman–Crippen LogP) is 3.48. The number of hydrogen-bond acceptors (Lipinski definition) is 7.